The number of aromatic nitrogens is 1. The van der Waals surface area contributed by atoms with Crippen molar-refractivity contribution in [2.24, 2.45) is 5.92 Å². The number of oxazole rings is 1. The first-order valence-electron chi connectivity index (χ1n) is 10.8. The number of amides is 1. The molecule has 3 heterocycles. The molecule has 0 saturated carbocycles. The van der Waals surface area contributed by atoms with Gasteiger partial charge in [0.1, 0.15) is 12.2 Å². The Morgan fingerprint density at radius 1 is 1.34 bits per heavy atom. The SMILES string of the molecule is O=C(NCCC1CCNCC1(F)F)O[C@@H]1[C@@H](O)CN[C@@H]1Cc1ccc(-c2cnco2)cc1. The molecule has 4 atom stereocenters. The van der Waals surface area contributed by atoms with Crippen LogP contribution in [0.2, 0.25) is 0 Å². The van der Waals surface area contributed by atoms with E-state index < -0.39 is 30.1 Å². The Hall–Kier alpha value is -2.56. The fourth-order valence-corrected chi connectivity index (χ4v) is 4.30. The average Bonchev–Trinajstić information content (AvgIpc) is 3.42. The van der Waals surface area contributed by atoms with Crippen LogP contribution in [0.4, 0.5) is 13.6 Å². The molecule has 32 heavy (non-hydrogen) atoms. The summed E-state index contributed by atoms with van der Waals surface area (Å²) in [5.41, 5.74) is 1.90. The number of aliphatic hydroxyl groups excluding tert-OH is 1. The predicted molar refractivity (Wildman–Crippen MR) is 112 cm³/mol. The Bertz CT molecular complexity index is 879. The smallest absolute Gasteiger partial charge is 0.407 e. The summed E-state index contributed by atoms with van der Waals surface area (Å²) in [5, 5.41) is 18.7. The number of piperidine rings is 1. The number of carbonyl (C=O) groups is 1. The van der Waals surface area contributed by atoms with Crippen LogP contribution in [0, 0.1) is 5.92 Å². The summed E-state index contributed by atoms with van der Waals surface area (Å²) in [7, 11) is 0. The van der Waals surface area contributed by atoms with Gasteiger partial charge in [0, 0.05) is 24.6 Å². The van der Waals surface area contributed by atoms with Gasteiger partial charge in [0.25, 0.3) is 5.92 Å². The second-order valence-electron chi connectivity index (χ2n) is 8.36. The van der Waals surface area contributed by atoms with Crippen molar-refractivity contribution in [3.05, 3.63) is 42.4 Å². The lowest BCUT2D eigenvalue weighted by Gasteiger charge is -2.31. The molecule has 174 valence electrons. The van der Waals surface area contributed by atoms with Crippen molar-refractivity contribution in [3.8, 4) is 11.3 Å². The first-order chi connectivity index (χ1) is 15.4. The molecule has 2 fully saturated rings. The number of β-amino-alcohol motifs (C(OH)–C–C–N with tert-alkyl or cyclic N) is 1. The van der Waals surface area contributed by atoms with Gasteiger partial charge in [-0.3, -0.25) is 0 Å². The highest BCUT2D eigenvalue weighted by Gasteiger charge is 2.41. The van der Waals surface area contributed by atoms with E-state index >= 15 is 0 Å². The Kier molecular flexibility index (Phi) is 7.02. The monoisotopic (exact) mass is 450 g/mol. The highest BCUT2D eigenvalue weighted by molar-refractivity contribution is 5.67. The molecule has 0 spiro atoms. The van der Waals surface area contributed by atoms with Crippen LogP contribution in [0.15, 0.2) is 41.3 Å². The third-order valence-corrected chi connectivity index (χ3v) is 6.12. The molecular weight excluding hydrogens is 422 g/mol. The summed E-state index contributed by atoms with van der Waals surface area (Å²) in [5.74, 6) is -2.87. The van der Waals surface area contributed by atoms with Crippen molar-refractivity contribution in [3.63, 3.8) is 0 Å². The molecule has 2 aromatic rings. The minimum atomic E-state index is -2.77. The van der Waals surface area contributed by atoms with E-state index in [1.807, 2.05) is 24.3 Å². The molecule has 2 aliphatic rings. The van der Waals surface area contributed by atoms with E-state index in [1.54, 1.807) is 6.20 Å². The van der Waals surface area contributed by atoms with Crippen molar-refractivity contribution in [2.75, 3.05) is 26.2 Å². The first kappa shape index (κ1) is 22.6. The summed E-state index contributed by atoms with van der Waals surface area (Å²) in [6.07, 6.45) is 1.82. The van der Waals surface area contributed by atoms with Gasteiger partial charge in [-0.2, -0.15) is 0 Å². The number of hydrogen-bond donors (Lipinski definition) is 4. The fourth-order valence-electron chi connectivity index (χ4n) is 4.30. The lowest BCUT2D eigenvalue weighted by atomic mass is 9.91. The van der Waals surface area contributed by atoms with E-state index in [0.29, 0.717) is 31.7 Å². The summed E-state index contributed by atoms with van der Waals surface area (Å²) >= 11 is 0. The van der Waals surface area contributed by atoms with Gasteiger partial charge in [-0.25, -0.2) is 18.6 Å². The van der Waals surface area contributed by atoms with Gasteiger partial charge in [-0.05, 0) is 31.4 Å². The maximum Gasteiger partial charge on any atom is 0.407 e. The Morgan fingerprint density at radius 2 is 2.16 bits per heavy atom. The average molecular weight is 450 g/mol. The van der Waals surface area contributed by atoms with Crippen LogP contribution in [-0.2, 0) is 11.2 Å². The highest BCUT2D eigenvalue weighted by atomic mass is 19.3. The van der Waals surface area contributed by atoms with Crippen LogP contribution in [0.25, 0.3) is 11.3 Å². The number of ether oxygens (including phenoxy) is 1. The molecule has 2 saturated heterocycles. The van der Waals surface area contributed by atoms with Gasteiger partial charge in [0.05, 0.1) is 18.8 Å². The van der Waals surface area contributed by atoms with Crippen LogP contribution in [0.5, 0.6) is 0 Å². The standard InChI is InChI=1S/C22H28F2N4O4/c23-22(24)12-25-7-5-16(22)6-8-27-21(30)32-20-17(28-10-18(20)29)9-14-1-3-15(4-2-14)19-11-26-13-31-19/h1-4,11,13,16-18,20,25,28-29H,5-10,12H2,(H,27,30)/t16?,17-,18+,20+/m1/s1. The number of benzene rings is 1. The van der Waals surface area contributed by atoms with Crippen molar-refractivity contribution in [2.45, 2.75) is 43.4 Å². The maximum absolute atomic E-state index is 13.9. The third-order valence-electron chi connectivity index (χ3n) is 6.12. The lowest BCUT2D eigenvalue weighted by molar-refractivity contribution is -0.0756. The molecule has 10 heteroatoms. The number of rotatable bonds is 7. The summed E-state index contributed by atoms with van der Waals surface area (Å²) in [6, 6.07) is 7.46. The van der Waals surface area contributed by atoms with Gasteiger partial charge >= 0.3 is 6.09 Å². The molecule has 1 aromatic heterocycles. The topological polar surface area (TPSA) is 109 Å². The zero-order valence-electron chi connectivity index (χ0n) is 17.6. The second kappa shape index (κ2) is 9.93. The molecule has 4 N–H and O–H groups in total. The number of nitrogens with one attached hydrogen (secondary N) is 3. The number of nitrogens with zero attached hydrogens (tertiary/aromatic N) is 1. The van der Waals surface area contributed by atoms with Crippen LogP contribution in [0.1, 0.15) is 18.4 Å². The fraction of sp³-hybridized carbons (Fsp3) is 0.545. The van der Waals surface area contributed by atoms with Crippen LogP contribution in [0.3, 0.4) is 0 Å². The summed E-state index contributed by atoms with van der Waals surface area (Å²) in [4.78, 5) is 16.1. The number of alkyl carbamates (subject to hydrolysis) is 1. The minimum Gasteiger partial charge on any atom is -0.444 e. The number of alkyl halides is 2. The molecule has 0 bridgehead atoms. The normalized spacial score (nSPS) is 27.2. The van der Waals surface area contributed by atoms with E-state index in [0.717, 1.165) is 11.1 Å². The molecule has 8 nitrogen and oxygen atoms in total. The third kappa shape index (κ3) is 5.43. The van der Waals surface area contributed by atoms with Gasteiger partial charge in [-0.15, -0.1) is 0 Å². The molecule has 1 amide bonds. The van der Waals surface area contributed by atoms with Crippen molar-refractivity contribution in [1.29, 1.82) is 0 Å². The largest absolute Gasteiger partial charge is 0.444 e. The molecule has 1 unspecified atom stereocenters. The van der Waals surface area contributed by atoms with Gasteiger partial charge in [-0.1, -0.05) is 24.3 Å². The number of aliphatic hydroxyl groups is 1. The number of carbonyl (C=O) groups excluding carboxylic acids is 1. The van der Waals surface area contributed by atoms with E-state index in [1.165, 1.54) is 6.39 Å². The summed E-state index contributed by atoms with van der Waals surface area (Å²) in [6.45, 7) is 0.623. The Balaban J connectivity index is 1.27. The van der Waals surface area contributed by atoms with Crippen molar-refractivity contribution < 1.29 is 27.8 Å². The molecule has 0 aliphatic carbocycles. The van der Waals surface area contributed by atoms with E-state index in [9.17, 15) is 18.7 Å². The highest BCUT2D eigenvalue weighted by Crippen LogP contribution is 2.31. The quantitative estimate of drug-likeness (QED) is 0.511. The molecule has 4 rings (SSSR count). The van der Waals surface area contributed by atoms with Crippen LogP contribution < -0.4 is 16.0 Å². The van der Waals surface area contributed by atoms with Crippen molar-refractivity contribution >= 4 is 6.09 Å². The maximum atomic E-state index is 13.9. The van der Waals surface area contributed by atoms with E-state index in [4.69, 9.17) is 9.15 Å². The van der Waals surface area contributed by atoms with Gasteiger partial charge < -0.3 is 30.2 Å². The predicted octanol–water partition coefficient (Wildman–Crippen LogP) is 1.95. The van der Waals surface area contributed by atoms with Crippen molar-refractivity contribution in [1.82, 2.24) is 20.9 Å². The van der Waals surface area contributed by atoms with Gasteiger partial charge in [0.15, 0.2) is 12.2 Å². The Labute approximate surface area is 184 Å². The van der Waals surface area contributed by atoms with Gasteiger partial charge in [0.2, 0.25) is 0 Å². The molecule has 1 aromatic carbocycles. The zero-order chi connectivity index (χ0) is 22.6. The van der Waals surface area contributed by atoms with Crippen LogP contribution in [-0.4, -0.2) is 66.5 Å². The summed E-state index contributed by atoms with van der Waals surface area (Å²) < 4.78 is 38.5. The minimum absolute atomic E-state index is 0.100. The molecule has 2 aliphatic heterocycles. The first-order valence-corrected chi connectivity index (χ1v) is 10.8. The lowest BCUT2D eigenvalue weighted by Crippen LogP contribution is -2.47. The molecular formula is C22H28F2N4O4. The number of halogens is 2. The number of hydrogen-bond acceptors (Lipinski definition) is 7. The van der Waals surface area contributed by atoms with Crippen LogP contribution >= 0.6 is 0 Å². The second-order valence-corrected chi connectivity index (χ2v) is 8.36. The zero-order valence-corrected chi connectivity index (χ0v) is 17.6. The van der Waals surface area contributed by atoms with E-state index in [2.05, 4.69) is 20.9 Å². The van der Waals surface area contributed by atoms with E-state index in [-0.39, 0.29) is 25.6 Å². The Morgan fingerprint density at radius 3 is 2.88 bits per heavy atom. The molecule has 0 radical (unpaired) electrons.